The Kier molecular flexibility index (Phi) is 4.77. The minimum Gasteiger partial charge on any atom is -0.364 e. The van der Waals surface area contributed by atoms with E-state index in [9.17, 15) is 5.11 Å². The molecule has 1 atom stereocenters. The van der Waals surface area contributed by atoms with Crippen LogP contribution in [0.2, 0.25) is 5.02 Å². The molecule has 1 saturated heterocycles. The van der Waals surface area contributed by atoms with Crippen molar-refractivity contribution in [1.29, 1.82) is 0 Å². The summed E-state index contributed by atoms with van der Waals surface area (Å²) in [5.74, 6) is 0.769. The molecule has 2 rings (SSSR count). The Bertz CT molecular complexity index is 397. The number of nitrogens with one attached hydrogen (secondary N) is 1. The molecule has 0 radical (unpaired) electrons. The molecule has 2 N–H and O–H groups in total. The van der Waals surface area contributed by atoms with Crippen LogP contribution < -0.4 is 10.2 Å². The van der Waals surface area contributed by atoms with Gasteiger partial charge in [0.2, 0.25) is 0 Å². The van der Waals surface area contributed by atoms with Gasteiger partial charge < -0.3 is 20.1 Å². The Hall–Kier alpha value is -0.880. The van der Waals surface area contributed by atoms with Gasteiger partial charge in [-0.25, -0.2) is 4.98 Å². The van der Waals surface area contributed by atoms with Crippen molar-refractivity contribution in [1.82, 2.24) is 10.3 Å². The molecule has 1 aliphatic rings. The maximum atomic E-state index is 9.70. The summed E-state index contributed by atoms with van der Waals surface area (Å²) in [7, 11) is 0. The third kappa shape index (κ3) is 3.11. The average Bonchev–Trinajstić information content (AvgIpc) is 2.40. The molecule has 1 unspecified atom stereocenters. The van der Waals surface area contributed by atoms with E-state index in [0.717, 1.165) is 32.0 Å². The number of ether oxygens (including phenoxy) is 1. The Morgan fingerprint density at radius 2 is 2.28 bits per heavy atom. The van der Waals surface area contributed by atoms with Gasteiger partial charge in [-0.2, -0.15) is 0 Å². The van der Waals surface area contributed by atoms with E-state index in [2.05, 4.69) is 15.2 Å². The van der Waals surface area contributed by atoms with Crippen molar-refractivity contribution in [3.63, 3.8) is 0 Å². The lowest BCUT2D eigenvalue weighted by Gasteiger charge is -2.29. The average molecular weight is 272 g/mol. The van der Waals surface area contributed by atoms with Gasteiger partial charge in [0.1, 0.15) is 5.82 Å². The lowest BCUT2D eigenvalue weighted by atomic mass is 10.2. The number of nitrogens with zero attached hydrogens (tertiary/aromatic N) is 2. The Labute approximate surface area is 112 Å². The lowest BCUT2D eigenvalue weighted by molar-refractivity contribution is -0.0981. The number of halogens is 1. The van der Waals surface area contributed by atoms with Crippen LogP contribution >= 0.6 is 11.6 Å². The Morgan fingerprint density at radius 3 is 2.89 bits per heavy atom. The number of aliphatic hydroxyl groups excluding tert-OH is 1. The van der Waals surface area contributed by atoms with Gasteiger partial charge in [-0.3, -0.25) is 0 Å². The molecule has 2 heterocycles. The van der Waals surface area contributed by atoms with E-state index in [-0.39, 0.29) is 0 Å². The summed E-state index contributed by atoms with van der Waals surface area (Å²) in [6.07, 6.45) is 0.654. The van der Waals surface area contributed by atoms with E-state index in [1.165, 1.54) is 0 Å². The molecular weight excluding hydrogens is 254 g/mol. The van der Waals surface area contributed by atoms with Gasteiger partial charge in [-0.05, 0) is 13.0 Å². The first-order valence-corrected chi connectivity index (χ1v) is 6.51. The standard InChI is InChI=1S/C12H18ClN3O2/c1-2-18-12(17)9-7-10(13)11(15-8-9)16-5-3-14-4-6-16/h7-8,12,14,17H,2-6H2,1H3. The van der Waals surface area contributed by atoms with Crippen molar-refractivity contribution in [2.24, 2.45) is 0 Å². The van der Waals surface area contributed by atoms with Gasteiger partial charge in [0.05, 0.1) is 5.02 Å². The van der Waals surface area contributed by atoms with Gasteiger partial charge in [0.25, 0.3) is 0 Å². The number of hydrogen-bond acceptors (Lipinski definition) is 5. The van der Waals surface area contributed by atoms with Gasteiger partial charge in [0, 0.05) is 44.5 Å². The van der Waals surface area contributed by atoms with Crippen molar-refractivity contribution in [2.75, 3.05) is 37.7 Å². The first kappa shape index (κ1) is 13.5. The molecule has 6 heteroatoms. The predicted octanol–water partition coefficient (Wildman–Crippen LogP) is 1.17. The van der Waals surface area contributed by atoms with Crippen LogP contribution in [0.3, 0.4) is 0 Å². The summed E-state index contributed by atoms with van der Waals surface area (Å²) in [4.78, 5) is 6.47. The molecule has 0 spiro atoms. The van der Waals surface area contributed by atoms with E-state index >= 15 is 0 Å². The van der Waals surface area contributed by atoms with Crippen LogP contribution in [0.15, 0.2) is 12.3 Å². The molecule has 1 aromatic heterocycles. The van der Waals surface area contributed by atoms with E-state index in [0.29, 0.717) is 17.2 Å². The van der Waals surface area contributed by atoms with Crippen molar-refractivity contribution >= 4 is 17.4 Å². The van der Waals surface area contributed by atoms with Crippen LogP contribution in [0, 0.1) is 0 Å². The fraction of sp³-hybridized carbons (Fsp3) is 0.583. The van der Waals surface area contributed by atoms with Gasteiger partial charge in [-0.15, -0.1) is 0 Å². The second-order valence-corrected chi connectivity index (χ2v) is 4.53. The highest BCUT2D eigenvalue weighted by Gasteiger charge is 2.17. The molecular formula is C12H18ClN3O2. The number of rotatable bonds is 4. The number of anilines is 1. The van der Waals surface area contributed by atoms with E-state index in [4.69, 9.17) is 16.3 Å². The Morgan fingerprint density at radius 1 is 1.56 bits per heavy atom. The van der Waals surface area contributed by atoms with Gasteiger partial charge in [0.15, 0.2) is 6.29 Å². The number of aliphatic hydroxyl groups is 1. The van der Waals surface area contributed by atoms with Crippen LogP contribution in [-0.2, 0) is 4.74 Å². The predicted molar refractivity (Wildman–Crippen MR) is 70.9 cm³/mol. The zero-order chi connectivity index (χ0) is 13.0. The summed E-state index contributed by atoms with van der Waals surface area (Å²) in [6.45, 7) is 5.91. The first-order chi connectivity index (χ1) is 8.72. The molecule has 0 saturated carbocycles. The SMILES string of the molecule is CCOC(O)c1cnc(N2CCNCC2)c(Cl)c1. The topological polar surface area (TPSA) is 57.6 Å². The first-order valence-electron chi connectivity index (χ1n) is 6.13. The molecule has 5 nitrogen and oxygen atoms in total. The summed E-state index contributed by atoms with van der Waals surface area (Å²) in [5, 5.41) is 13.5. The fourth-order valence-corrected chi connectivity index (χ4v) is 2.24. The molecule has 100 valence electrons. The number of piperazine rings is 1. The van der Waals surface area contributed by atoms with Gasteiger partial charge >= 0.3 is 0 Å². The molecule has 0 bridgehead atoms. The second-order valence-electron chi connectivity index (χ2n) is 4.12. The summed E-state index contributed by atoms with van der Waals surface area (Å²) in [5.41, 5.74) is 0.584. The van der Waals surface area contributed by atoms with Gasteiger partial charge in [-0.1, -0.05) is 11.6 Å². The monoisotopic (exact) mass is 271 g/mol. The zero-order valence-electron chi connectivity index (χ0n) is 10.4. The smallest absolute Gasteiger partial charge is 0.182 e. The van der Waals surface area contributed by atoms with Crippen LogP contribution in [0.4, 0.5) is 5.82 Å². The van der Waals surface area contributed by atoms with Crippen molar-refractivity contribution in [3.8, 4) is 0 Å². The third-order valence-electron chi connectivity index (χ3n) is 2.87. The molecule has 1 aromatic rings. The van der Waals surface area contributed by atoms with Crippen LogP contribution in [0.1, 0.15) is 18.8 Å². The molecule has 1 aliphatic heterocycles. The summed E-state index contributed by atoms with van der Waals surface area (Å²) < 4.78 is 5.10. The zero-order valence-corrected chi connectivity index (χ0v) is 11.2. The highest BCUT2D eigenvalue weighted by Crippen LogP contribution is 2.26. The maximum Gasteiger partial charge on any atom is 0.182 e. The maximum absolute atomic E-state index is 9.70. The molecule has 0 aliphatic carbocycles. The summed E-state index contributed by atoms with van der Waals surface area (Å²) >= 11 is 6.22. The highest BCUT2D eigenvalue weighted by molar-refractivity contribution is 6.33. The van der Waals surface area contributed by atoms with Crippen molar-refractivity contribution in [3.05, 3.63) is 22.8 Å². The Balaban J connectivity index is 2.13. The minimum atomic E-state index is -0.961. The van der Waals surface area contributed by atoms with Crippen LogP contribution in [0.25, 0.3) is 0 Å². The lowest BCUT2D eigenvalue weighted by Crippen LogP contribution is -2.44. The minimum absolute atomic E-state index is 0.443. The van der Waals surface area contributed by atoms with Crippen LogP contribution in [0.5, 0.6) is 0 Å². The quantitative estimate of drug-likeness (QED) is 0.805. The summed E-state index contributed by atoms with van der Waals surface area (Å²) in [6, 6.07) is 1.71. The van der Waals surface area contributed by atoms with E-state index < -0.39 is 6.29 Å². The fourth-order valence-electron chi connectivity index (χ4n) is 1.94. The number of aromatic nitrogens is 1. The van der Waals surface area contributed by atoms with E-state index in [1.807, 2.05) is 6.92 Å². The second kappa shape index (κ2) is 6.33. The van der Waals surface area contributed by atoms with Crippen molar-refractivity contribution < 1.29 is 9.84 Å². The number of hydrogen-bond donors (Lipinski definition) is 2. The molecule has 0 amide bonds. The number of pyridine rings is 1. The molecule has 1 fully saturated rings. The highest BCUT2D eigenvalue weighted by atomic mass is 35.5. The normalized spacial score (nSPS) is 17.8. The largest absolute Gasteiger partial charge is 0.364 e. The van der Waals surface area contributed by atoms with Crippen LogP contribution in [-0.4, -0.2) is 42.9 Å². The van der Waals surface area contributed by atoms with Crippen molar-refractivity contribution in [2.45, 2.75) is 13.2 Å². The molecule has 0 aromatic carbocycles. The van der Waals surface area contributed by atoms with E-state index in [1.54, 1.807) is 12.3 Å². The third-order valence-corrected chi connectivity index (χ3v) is 3.15. The molecule has 18 heavy (non-hydrogen) atoms.